The average molecular weight is 470 g/mol. The minimum Gasteiger partial charge on any atom is -0.465 e. The van der Waals surface area contributed by atoms with Crippen molar-refractivity contribution in [2.45, 2.75) is 37.4 Å². The van der Waals surface area contributed by atoms with E-state index >= 15 is 0 Å². The standard InChI is InChI=1S/C22H23N5O3S2/c1-3-12-27-19(15-9-6-7-11-23-15)25-26-22(27)31-13-17(28)24-20-18(21(29)30-2)14-8-4-5-10-16(14)32-20/h3,6-7,9,11H,1,4-5,8,10,12-13H2,2H3,(H,24,28). The third kappa shape index (κ3) is 4.61. The van der Waals surface area contributed by atoms with Crippen LogP contribution < -0.4 is 5.32 Å². The number of methoxy groups -OCH3 is 1. The molecule has 0 radical (unpaired) electrons. The van der Waals surface area contributed by atoms with Gasteiger partial charge in [-0.3, -0.25) is 14.3 Å². The molecule has 3 heterocycles. The predicted octanol–water partition coefficient (Wildman–Crippen LogP) is 3.98. The molecule has 0 spiro atoms. The van der Waals surface area contributed by atoms with Crippen molar-refractivity contribution < 1.29 is 14.3 Å². The lowest BCUT2D eigenvalue weighted by Gasteiger charge is -2.11. The second kappa shape index (κ2) is 10.1. The number of nitrogens with one attached hydrogen (secondary N) is 1. The van der Waals surface area contributed by atoms with Gasteiger partial charge < -0.3 is 10.1 Å². The Morgan fingerprint density at radius 1 is 1.31 bits per heavy atom. The van der Waals surface area contributed by atoms with E-state index in [1.165, 1.54) is 30.2 Å². The SMILES string of the molecule is C=CCn1c(SCC(=O)Nc2sc3c(c2C(=O)OC)CCCC3)nnc1-c1ccccn1. The van der Waals surface area contributed by atoms with Crippen LogP contribution in [0.3, 0.4) is 0 Å². The van der Waals surface area contributed by atoms with Gasteiger partial charge in [-0.25, -0.2) is 4.79 Å². The molecule has 0 saturated heterocycles. The molecule has 1 aliphatic rings. The van der Waals surface area contributed by atoms with E-state index in [0.29, 0.717) is 33.8 Å². The maximum absolute atomic E-state index is 12.7. The van der Waals surface area contributed by atoms with Gasteiger partial charge in [0.25, 0.3) is 0 Å². The number of hydrogen-bond donors (Lipinski definition) is 1. The normalized spacial score (nSPS) is 12.8. The predicted molar refractivity (Wildman–Crippen MR) is 125 cm³/mol. The Balaban J connectivity index is 1.49. The molecular formula is C22H23N5O3S2. The fourth-order valence-electron chi connectivity index (χ4n) is 3.64. The highest BCUT2D eigenvalue weighted by atomic mass is 32.2. The van der Waals surface area contributed by atoms with Crippen molar-refractivity contribution in [3.05, 3.63) is 53.1 Å². The molecule has 0 bridgehead atoms. The molecule has 1 N–H and O–H groups in total. The molecule has 8 nitrogen and oxygen atoms in total. The van der Waals surface area contributed by atoms with Crippen LogP contribution in [-0.2, 0) is 28.9 Å². The van der Waals surface area contributed by atoms with Gasteiger partial charge >= 0.3 is 5.97 Å². The summed E-state index contributed by atoms with van der Waals surface area (Å²) < 4.78 is 6.85. The van der Waals surface area contributed by atoms with Crippen LogP contribution in [0.1, 0.15) is 33.6 Å². The molecule has 0 atom stereocenters. The maximum Gasteiger partial charge on any atom is 0.341 e. The fraction of sp³-hybridized carbons (Fsp3) is 0.318. The van der Waals surface area contributed by atoms with Crippen LogP contribution in [0.4, 0.5) is 5.00 Å². The lowest BCUT2D eigenvalue weighted by atomic mass is 9.95. The summed E-state index contributed by atoms with van der Waals surface area (Å²) in [5.74, 6) is 0.123. The Hall–Kier alpha value is -2.98. The highest BCUT2D eigenvalue weighted by molar-refractivity contribution is 7.99. The molecule has 3 aromatic rings. The van der Waals surface area contributed by atoms with Gasteiger partial charge in [-0.15, -0.1) is 28.1 Å². The lowest BCUT2D eigenvalue weighted by Crippen LogP contribution is -2.17. The number of thioether (sulfide) groups is 1. The van der Waals surface area contributed by atoms with Crippen molar-refractivity contribution in [2.75, 3.05) is 18.2 Å². The summed E-state index contributed by atoms with van der Waals surface area (Å²) in [7, 11) is 1.36. The van der Waals surface area contributed by atoms with E-state index in [2.05, 4.69) is 27.1 Å². The third-order valence-corrected chi connectivity index (χ3v) is 7.24. The Morgan fingerprint density at radius 3 is 2.91 bits per heavy atom. The van der Waals surface area contributed by atoms with Crippen molar-refractivity contribution in [3.63, 3.8) is 0 Å². The van der Waals surface area contributed by atoms with Crippen LogP contribution in [0.25, 0.3) is 11.5 Å². The Kier molecular flexibility index (Phi) is 7.01. The van der Waals surface area contributed by atoms with E-state index in [-0.39, 0.29) is 11.7 Å². The summed E-state index contributed by atoms with van der Waals surface area (Å²) in [5, 5.41) is 12.6. The van der Waals surface area contributed by atoms with Gasteiger partial charge in [-0.2, -0.15) is 0 Å². The first-order valence-electron chi connectivity index (χ1n) is 10.2. The number of pyridine rings is 1. The summed E-state index contributed by atoms with van der Waals surface area (Å²) >= 11 is 2.75. The van der Waals surface area contributed by atoms with Crippen LogP contribution in [0.15, 0.2) is 42.2 Å². The molecule has 0 fully saturated rings. The van der Waals surface area contributed by atoms with Crippen LogP contribution in [0.2, 0.25) is 0 Å². The number of aromatic nitrogens is 4. The third-order valence-electron chi connectivity index (χ3n) is 5.07. The minimum absolute atomic E-state index is 0.126. The quantitative estimate of drug-likeness (QED) is 0.303. The van der Waals surface area contributed by atoms with Crippen molar-refractivity contribution >= 4 is 40.0 Å². The topological polar surface area (TPSA) is 99.0 Å². The van der Waals surface area contributed by atoms with Gasteiger partial charge in [0.1, 0.15) is 10.7 Å². The molecule has 4 rings (SSSR count). The van der Waals surface area contributed by atoms with Crippen molar-refractivity contribution in [1.29, 1.82) is 0 Å². The van der Waals surface area contributed by atoms with Crippen LogP contribution in [0.5, 0.6) is 0 Å². The summed E-state index contributed by atoms with van der Waals surface area (Å²) in [4.78, 5) is 30.6. The second-order valence-electron chi connectivity index (χ2n) is 7.16. The van der Waals surface area contributed by atoms with Gasteiger partial charge in [0.15, 0.2) is 11.0 Å². The summed E-state index contributed by atoms with van der Waals surface area (Å²) in [6, 6.07) is 5.58. The van der Waals surface area contributed by atoms with E-state index in [1.54, 1.807) is 12.3 Å². The van der Waals surface area contributed by atoms with Crippen LogP contribution in [0, 0.1) is 0 Å². The summed E-state index contributed by atoms with van der Waals surface area (Å²) in [6.07, 6.45) is 7.33. The van der Waals surface area contributed by atoms with Gasteiger partial charge in [-0.1, -0.05) is 23.9 Å². The fourth-order valence-corrected chi connectivity index (χ4v) is 5.68. The molecule has 10 heteroatoms. The molecule has 32 heavy (non-hydrogen) atoms. The lowest BCUT2D eigenvalue weighted by molar-refractivity contribution is -0.113. The minimum atomic E-state index is -0.405. The number of fused-ring (bicyclic) bond motifs is 1. The zero-order valence-corrected chi connectivity index (χ0v) is 19.3. The highest BCUT2D eigenvalue weighted by Crippen LogP contribution is 2.38. The molecule has 166 valence electrons. The van der Waals surface area contributed by atoms with Crippen LogP contribution in [-0.4, -0.2) is 44.5 Å². The number of esters is 1. The molecule has 0 unspecified atom stereocenters. The van der Waals surface area contributed by atoms with Gasteiger partial charge in [0.05, 0.1) is 18.4 Å². The first-order chi connectivity index (χ1) is 15.6. The average Bonchev–Trinajstić information content (AvgIpc) is 3.39. The van der Waals surface area contributed by atoms with E-state index in [1.807, 2.05) is 22.8 Å². The number of aryl methyl sites for hydroxylation is 1. The maximum atomic E-state index is 12.7. The second-order valence-corrected chi connectivity index (χ2v) is 9.21. The first kappa shape index (κ1) is 22.2. The van der Waals surface area contributed by atoms with E-state index in [4.69, 9.17) is 4.74 Å². The molecular weight excluding hydrogens is 446 g/mol. The van der Waals surface area contributed by atoms with E-state index in [0.717, 1.165) is 36.1 Å². The number of carbonyl (C=O) groups is 2. The number of amides is 1. The summed E-state index contributed by atoms with van der Waals surface area (Å²) in [6.45, 7) is 4.29. The van der Waals surface area contributed by atoms with E-state index < -0.39 is 5.97 Å². The number of carbonyl (C=O) groups excluding carboxylic acids is 2. The number of hydrogen-bond acceptors (Lipinski definition) is 8. The molecule has 0 aliphatic heterocycles. The van der Waals surface area contributed by atoms with Gasteiger partial charge in [-0.05, 0) is 43.4 Å². The molecule has 0 saturated carbocycles. The smallest absolute Gasteiger partial charge is 0.341 e. The van der Waals surface area contributed by atoms with Gasteiger partial charge in [0.2, 0.25) is 5.91 Å². The first-order valence-corrected chi connectivity index (χ1v) is 12.0. The zero-order valence-electron chi connectivity index (χ0n) is 17.7. The zero-order chi connectivity index (χ0) is 22.5. The van der Waals surface area contributed by atoms with Gasteiger partial charge in [0, 0.05) is 17.6 Å². The summed E-state index contributed by atoms with van der Waals surface area (Å²) in [5.41, 5.74) is 2.21. The number of nitrogens with zero attached hydrogens (tertiary/aromatic N) is 4. The molecule has 3 aromatic heterocycles. The van der Waals surface area contributed by atoms with Crippen molar-refractivity contribution in [2.24, 2.45) is 0 Å². The highest BCUT2D eigenvalue weighted by Gasteiger charge is 2.27. The number of rotatable bonds is 8. The van der Waals surface area contributed by atoms with Crippen LogP contribution >= 0.6 is 23.1 Å². The number of allylic oxidation sites excluding steroid dienone is 1. The number of thiophene rings is 1. The van der Waals surface area contributed by atoms with Crippen molar-refractivity contribution in [3.8, 4) is 11.5 Å². The molecule has 0 aromatic carbocycles. The largest absolute Gasteiger partial charge is 0.465 e. The Labute approximate surface area is 194 Å². The Bertz CT molecular complexity index is 1140. The van der Waals surface area contributed by atoms with E-state index in [9.17, 15) is 9.59 Å². The number of ether oxygens (including phenoxy) is 1. The monoisotopic (exact) mass is 469 g/mol. The molecule has 1 amide bonds. The molecule has 1 aliphatic carbocycles. The Morgan fingerprint density at radius 2 is 2.16 bits per heavy atom. The van der Waals surface area contributed by atoms with Crippen molar-refractivity contribution in [1.82, 2.24) is 19.7 Å². The number of anilines is 1.